The van der Waals surface area contributed by atoms with Crippen LogP contribution in [-0.2, 0) is 5.41 Å². The first kappa shape index (κ1) is 18.7. The molecule has 0 atom stereocenters. The van der Waals surface area contributed by atoms with E-state index < -0.39 is 0 Å². The van der Waals surface area contributed by atoms with Crippen molar-refractivity contribution in [2.24, 2.45) is 0 Å². The summed E-state index contributed by atoms with van der Waals surface area (Å²) in [5, 5.41) is 15.3. The van der Waals surface area contributed by atoms with Crippen molar-refractivity contribution < 1.29 is 0 Å². The minimum absolute atomic E-state index is 0.317. The van der Waals surface area contributed by atoms with E-state index in [0.29, 0.717) is 0 Å². The van der Waals surface area contributed by atoms with Gasteiger partial charge in [0.25, 0.3) is 0 Å². The monoisotopic (exact) mass is 415 g/mol. The van der Waals surface area contributed by atoms with Gasteiger partial charge in [0.15, 0.2) is 11.3 Å². The van der Waals surface area contributed by atoms with Gasteiger partial charge in [-0.15, -0.1) is 0 Å². The summed E-state index contributed by atoms with van der Waals surface area (Å²) >= 11 is 0. The average molecular weight is 416 g/mol. The normalized spacial score (nSPS) is 14.9. The fourth-order valence-electron chi connectivity index (χ4n) is 4.65. The molecule has 32 heavy (non-hydrogen) atoms. The van der Waals surface area contributed by atoms with Crippen LogP contribution in [0.2, 0.25) is 0 Å². The molecule has 5 aromatic rings. The highest BCUT2D eigenvalue weighted by molar-refractivity contribution is 5.90. The number of pyridine rings is 1. The van der Waals surface area contributed by atoms with Gasteiger partial charge in [-0.3, -0.25) is 0 Å². The van der Waals surface area contributed by atoms with Gasteiger partial charge in [0.2, 0.25) is 0 Å². The number of nitrogens with zero attached hydrogens (tertiary/aromatic N) is 5. The summed E-state index contributed by atoms with van der Waals surface area (Å²) in [5.41, 5.74) is 7.35. The third-order valence-corrected chi connectivity index (χ3v) is 6.60. The van der Waals surface area contributed by atoms with E-state index in [4.69, 9.17) is 4.98 Å². The molecule has 0 spiro atoms. The molecule has 5 nitrogen and oxygen atoms in total. The van der Waals surface area contributed by atoms with E-state index in [2.05, 4.69) is 58.6 Å². The lowest BCUT2D eigenvalue weighted by atomic mass is 9.65. The minimum atomic E-state index is -0.317. The summed E-state index contributed by atoms with van der Waals surface area (Å²) in [4.78, 5) is 9.67. The van der Waals surface area contributed by atoms with Crippen molar-refractivity contribution in [2.75, 3.05) is 0 Å². The third kappa shape index (κ3) is 2.80. The first-order chi connectivity index (χ1) is 15.7. The number of aromatic nitrogens is 4. The quantitative estimate of drug-likeness (QED) is 0.370. The van der Waals surface area contributed by atoms with E-state index in [0.717, 1.165) is 69.6 Å². The zero-order valence-electron chi connectivity index (χ0n) is 17.8. The third-order valence-electron chi connectivity index (χ3n) is 6.60. The van der Waals surface area contributed by atoms with Crippen LogP contribution < -0.4 is 0 Å². The summed E-state index contributed by atoms with van der Waals surface area (Å²) in [5.74, 6) is 0. The van der Waals surface area contributed by atoms with Crippen LogP contribution >= 0.6 is 0 Å². The molecule has 0 bridgehead atoms. The smallest absolute Gasteiger partial charge is 0.165 e. The highest BCUT2D eigenvalue weighted by atomic mass is 15.3. The average Bonchev–Trinajstić information content (AvgIpc) is 3.20. The topological polar surface area (TPSA) is 66.9 Å². The molecule has 3 aromatic heterocycles. The Morgan fingerprint density at radius 3 is 2.44 bits per heavy atom. The van der Waals surface area contributed by atoms with Gasteiger partial charge in [-0.2, -0.15) is 14.9 Å². The lowest BCUT2D eigenvalue weighted by Crippen LogP contribution is -2.32. The molecular weight excluding hydrogens is 394 g/mol. The van der Waals surface area contributed by atoms with Crippen LogP contribution in [0.5, 0.6) is 0 Å². The number of benzene rings is 2. The number of rotatable bonds is 3. The van der Waals surface area contributed by atoms with E-state index >= 15 is 0 Å². The van der Waals surface area contributed by atoms with Crippen molar-refractivity contribution in [3.8, 4) is 28.5 Å². The molecule has 154 valence electrons. The van der Waals surface area contributed by atoms with Crippen LogP contribution in [0.3, 0.4) is 0 Å². The summed E-state index contributed by atoms with van der Waals surface area (Å²) in [7, 11) is 0. The van der Waals surface area contributed by atoms with E-state index in [9.17, 15) is 5.26 Å². The summed E-state index contributed by atoms with van der Waals surface area (Å²) in [6.07, 6.45) is 4.87. The summed E-state index contributed by atoms with van der Waals surface area (Å²) in [6, 6.07) is 25.3. The first-order valence-corrected chi connectivity index (χ1v) is 10.9. The van der Waals surface area contributed by atoms with Gasteiger partial charge in [-0.05, 0) is 43.4 Å². The van der Waals surface area contributed by atoms with Gasteiger partial charge in [-0.1, -0.05) is 54.6 Å². The van der Waals surface area contributed by atoms with Crippen LogP contribution in [-0.4, -0.2) is 19.6 Å². The number of fused-ring (bicyclic) bond motifs is 3. The fraction of sp³-hybridized carbons (Fsp3) is 0.185. The second-order valence-corrected chi connectivity index (χ2v) is 8.60. The highest BCUT2D eigenvalue weighted by Crippen LogP contribution is 2.44. The Balaban J connectivity index is 1.58. The number of hydrogen-bond acceptors (Lipinski definition) is 4. The maximum Gasteiger partial charge on any atom is 0.165 e. The van der Waals surface area contributed by atoms with Gasteiger partial charge < -0.3 is 0 Å². The highest BCUT2D eigenvalue weighted by Gasteiger charge is 2.38. The SMILES string of the molecule is Cc1cc2ncc3cc(-c4ccccc4)c(-c4ccc(C5(C#N)CCC5)cc4)nc3n2n1. The first-order valence-electron chi connectivity index (χ1n) is 10.9. The summed E-state index contributed by atoms with van der Waals surface area (Å²) in [6.45, 7) is 1.96. The second kappa shape index (κ2) is 7.00. The van der Waals surface area contributed by atoms with Gasteiger partial charge in [0.1, 0.15) is 0 Å². The lowest BCUT2D eigenvalue weighted by Gasteiger charge is -2.35. The Labute approximate surface area is 186 Å². The number of nitriles is 1. The molecule has 3 heterocycles. The molecule has 2 aromatic carbocycles. The molecular formula is C27H21N5. The van der Waals surface area contributed by atoms with Crippen molar-refractivity contribution in [1.82, 2.24) is 19.6 Å². The van der Waals surface area contributed by atoms with Gasteiger partial charge in [-0.25, -0.2) is 9.97 Å². The molecule has 0 amide bonds. The van der Waals surface area contributed by atoms with Gasteiger partial charge >= 0.3 is 0 Å². The van der Waals surface area contributed by atoms with Gasteiger partial charge in [0, 0.05) is 28.8 Å². The Kier molecular flexibility index (Phi) is 4.09. The van der Waals surface area contributed by atoms with E-state index in [1.54, 1.807) is 0 Å². The predicted octanol–water partition coefficient (Wildman–Crippen LogP) is 5.87. The Hall–Kier alpha value is -4.04. The zero-order chi connectivity index (χ0) is 21.7. The van der Waals surface area contributed by atoms with Gasteiger partial charge in [0.05, 0.1) is 22.9 Å². The van der Waals surface area contributed by atoms with Crippen LogP contribution in [0.4, 0.5) is 0 Å². The second-order valence-electron chi connectivity index (χ2n) is 8.60. The molecule has 0 N–H and O–H groups in total. The van der Waals surface area contributed by atoms with E-state index in [1.165, 1.54) is 0 Å². The number of hydrogen-bond donors (Lipinski definition) is 0. The lowest BCUT2D eigenvalue weighted by molar-refractivity contribution is 0.324. The standard InChI is InChI=1S/C27H21N5/c1-18-14-24-29-16-21-15-23(19-6-3-2-4-7-19)25(30-26(21)32(24)31-18)20-8-10-22(11-9-20)27(17-28)12-5-13-27/h2-4,6-11,14-16H,5,12-13H2,1H3. The van der Waals surface area contributed by atoms with E-state index in [-0.39, 0.29) is 5.41 Å². The Bertz CT molecular complexity index is 1500. The zero-order valence-corrected chi connectivity index (χ0v) is 17.8. The molecule has 0 radical (unpaired) electrons. The van der Waals surface area contributed by atoms with Crippen LogP contribution in [0.25, 0.3) is 39.1 Å². The van der Waals surface area contributed by atoms with E-state index in [1.807, 2.05) is 41.9 Å². The molecule has 1 aliphatic rings. The molecule has 1 fully saturated rings. The Morgan fingerprint density at radius 2 is 1.75 bits per heavy atom. The Morgan fingerprint density at radius 1 is 0.969 bits per heavy atom. The van der Waals surface area contributed by atoms with Crippen molar-refractivity contribution >= 4 is 16.7 Å². The summed E-state index contributed by atoms with van der Waals surface area (Å²) < 4.78 is 1.82. The fourth-order valence-corrected chi connectivity index (χ4v) is 4.65. The molecule has 1 aliphatic carbocycles. The van der Waals surface area contributed by atoms with Crippen molar-refractivity contribution in [2.45, 2.75) is 31.6 Å². The molecule has 0 saturated heterocycles. The van der Waals surface area contributed by atoms with Crippen LogP contribution in [0.1, 0.15) is 30.5 Å². The van der Waals surface area contributed by atoms with Crippen molar-refractivity contribution in [3.63, 3.8) is 0 Å². The molecule has 0 unspecified atom stereocenters. The number of aryl methyl sites for hydroxylation is 1. The predicted molar refractivity (Wildman–Crippen MR) is 125 cm³/mol. The largest absolute Gasteiger partial charge is 0.236 e. The minimum Gasteiger partial charge on any atom is -0.236 e. The molecule has 6 rings (SSSR count). The van der Waals surface area contributed by atoms with Crippen LogP contribution in [0.15, 0.2) is 72.9 Å². The molecule has 5 heteroatoms. The van der Waals surface area contributed by atoms with Crippen molar-refractivity contribution in [1.29, 1.82) is 5.26 Å². The molecule has 0 aliphatic heterocycles. The maximum atomic E-state index is 9.71. The maximum absolute atomic E-state index is 9.71. The van der Waals surface area contributed by atoms with Crippen molar-refractivity contribution in [3.05, 3.63) is 84.2 Å². The molecule has 1 saturated carbocycles. The van der Waals surface area contributed by atoms with Crippen LogP contribution in [0, 0.1) is 18.3 Å².